The van der Waals surface area contributed by atoms with Gasteiger partial charge in [0.2, 0.25) is 0 Å². The summed E-state index contributed by atoms with van der Waals surface area (Å²) in [4.78, 5) is 0. The summed E-state index contributed by atoms with van der Waals surface area (Å²) in [5.74, 6) is 0. The molecular formula is Ag43Cu29Sn28. The molecule has 0 unspecified atom stereocenters. The summed E-state index contributed by atoms with van der Waals surface area (Å²) in [6, 6.07) is 0. The van der Waals surface area contributed by atoms with Crippen molar-refractivity contribution < 1.29 is 1460 Å². The average molecular weight is 9810 g/mol. The summed E-state index contributed by atoms with van der Waals surface area (Å²) >= 11 is 0. The molecule has 0 fully saturated rings. The minimum Gasteiger partial charge on any atom is 0 e. The largest absolute Gasteiger partial charge is 0 e. The Balaban J connectivity index is 0. The summed E-state index contributed by atoms with van der Waals surface area (Å²) < 4.78 is 0. The van der Waals surface area contributed by atoms with E-state index in [4.69, 9.17) is 0 Å². The Morgan fingerprint density at radius 2 is 0.0300 bits per heavy atom. The van der Waals surface area contributed by atoms with Gasteiger partial charge in [-0.1, -0.05) is 0 Å². The van der Waals surface area contributed by atoms with Gasteiger partial charge in [-0.05, 0) is 0 Å². The van der Waals surface area contributed by atoms with Crippen molar-refractivity contribution in [1.82, 2.24) is 0 Å². The van der Waals surface area contributed by atoms with E-state index in [0.29, 0.717) is 0 Å². The van der Waals surface area contributed by atoms with Crippen molar-refractivity contribution in [3.05, 3.63) is 0 Å². The van der Waals surface area contributed by atoms with E-state index in [0.717, 1.165) is 0 Å². The average Bonchev–Trinajstić information content (AvgIpc) is 0. The molecule has 0 saturated heterocycles. The van der Waals surface area contributed by atoms with Crippen molar-refractivity contribution >= 4 is 669 Å². The van der Waals surface area contributed by atoms with Crippen molar-refractivity contribution in [3.8, 4) is 0 Å². The summed E-state index contributed by atoms with van der Waals surface area (Å²) in [6.45, 7) is 0. The molecule has 0 nitrogen and oxygen atoms in total. The van der Waals surface area contributed by atoms with E-state index in [9.17, 15) is 0 Å². The Hall–Kier alpha value is 69.3. The fourth-order valence-corrected chi connectivity index (χ4v) is 0. The smallest absolute Gasteiger partial charge is 0 e. The van der Waals surface area contributed by atoms with Gasteiger partial charge in [-0.25, -0.2) is 0 Å². The van der Waals surface area contributed by atoms with Crippen LogP contribution in [0.5, 0.6) is 0 Å². The van der Waals surface area contributed by atoms with Crippen LogP contribution in [0, 0.1) is 0 Å². The number of rotatable bonds is 0. The van der Waals surface area contributed by atoms with Crippen LogP contribution in [0.3, 0.4) is 0 Å². The first kappa shape index (κ1) is 999. The van der Waals surface area contributed by atoms with Crippen molar-refractivity contribution in [3.63, 3.8) is 0 Å². The predicted octanol–water partition coefficient (Wildman–Crippen LogP) is -10.8. The van der Waals surface area contributed by atoms with E-state index in [1.54, 1.807) is 0 Å². The Bertz CT molecular complexity index is 156. The Labute approximate surface area is 2060 Å². The van der Waals surface area contributed by atoms with Gasteiger partial charge in [0.1, 0.15) is 0 Å². The standard InChI is InChI=1S/43Ag.29Cu.28Sn. The zero-order chi connectivity index (χ0) is 0. The van der Waals surface area contributed by atoms with E-state index in [1.165, 1.54) is 0 Å². The third-order valence-electron chi connectivity index (χ3n) is 0. The van der Waals surface area contributed by atoms with Crippen LogP contribution in [-0.2, 0) is 1460 Å². The molecule has 0 aromatic heterocycles. The molecule has 0 amide bonds. The Morgan fingerprint density at radius 3 is 0.0300 bits per heavy atom. The van der Waals surface area contributed by atoms with Crippen LogP contribution in [0.4, 0.5) is 0 Å². The first-order valence-corrected chi connectivity index (χ1v) is 0. The van der Waals surface area contributed by atoms with Gasteiger partial charge in [0.15, 0.2) is 0 Å². The quantitative estimate of drug-likeness (QED) is 0.212. The minimum atomic E-state index is 0. The molecule has 0 aromatic carbocycles. The third-order valence-corrected chi connectivity index (χ3v) is 0. The van der Waals surface area contributed by atoms with E-state index >= 15 is 0 Å². The normalized spacial score (nSPS) is 0. The summed E-state index contributed by atoms with van der Waals surface area (Å²) in [6.07, 6.45) is 0. The fraction of sp³-hybridized carbons (Fsp3) is 0. The SMILES string of the molecule is [Ag].[Ag].[Ag].[Ag].[Ag].[Ag].[Ag].[Ag].[Ag].[Ag].[Ag].[Ag].[Ag].[Ag].[Ag].[Ag].[Ag].[Ag].[Ag].[Ag].[Ag].[Ag].[Ag].[Ag].[Ag].[Ag].[Ag].[Ag].[Ag].[Ag].[Ag].[Ag].[Ag].[Ag].[Ag].[Ag].[Ag].[Ag].[Ag].[Ag].[Ag].[Ag].[Ag].[Cu].[Cu].[Cu].[Cu].[Cu].[Cu].[Cu].[Cu].[Cu].[Cu].[Cu].[Cu].[Cu].[Cu].[Cu].[Cu].[Cu].[Cu].[Cu].[Cu].[Cu].[Cu].[Cu].[Cu].[Cu].[Cu].[Cu].[Cu].[Cu].[Sn].[Sn].[Sn].[Sn].[Sn].[Sn].[Sn].[Sn].[Sn].[Sn].[Sn].[Sn].[Sn].[Sn].[Sn].[Sn].[Sn].[Sn].[Sn].[Sn].[Sn].[Sn].[Sn].[Sn].[Sn].[Sn].[Sn].[Sn]. The number of hydrogen-bond acceptors (Lipinski definition) is 0. The molecule has 0 spiro atoms. The molecule has 0 aliphatic heterocycles. The van der Waals surface area contributed by atoms with Gasteiger partial charge in [0, 0.05) is 2130 Å². The first-order valence-electron chi connectivity index (χ1n) is 0. The van der Waals surface area contributed by atoms with Crippen LogP contribution in [-0.4, -0.2) is 669 Å². The molecule has 100 heteroatoms. The minimum absolute atomic E-state index is 0. The van der Waals surface area contributed by atoms with Gasteiger partial charge in [-0.3, -0.25) is 0 Å². The summed E-state index contributed by atoms with van der Waals surface area (Å²) in [7, 11) is 0. The summed E-state index contributed by atoms with van der Waals surface area (Å²) in [5, 5.41) is 0. The molecule has 904 valence electrons. The molecule has 0 bridgehead atoms. The summed E-state index contributed by atoms with van der Waals surface area (Å²) in [5.41, 5.74) is 0. The van der Waals surface area contributed by atoms with Gasteiger partial charge in [-0.2, -0.15) is 0 Å². The zero-order valence-electron chi connectivity index (χ0n) is 35.7. The second kappa shape index (κ2) is 981. The molecule has 0 aliphatic rings. The second-order valence-corrected chi connectivity index (χ2v) is 0. The maximum atomic E-state index is 0. The molecule has 0 rings (SSSR count). The fourth-order valence-electron chi connectivity index (χ4n) is 0. The zero-order valence-corrected chi connectivity index (χ0v) is 207. The van der Waals surface area contributed by atoms with Crippen LogP contribution >= 0.6 is 0 Å². The van der Waals surface area contributed by atoms with Crippen LogP contribution in [0.2, 0.25) is 0 Å². The molecule has 0 heterocycles. The monoisotopic (exact) mass is 9780 g/mol. The van der Waals surface area contributed by atoms with Gasteiger partial charge < -0.3 is 0 Å². The van der Waals surface area contributed by atoms with Crippen LogP contribution in [0.25, 0.3) is 0 Å². The van der Waals surface area contributed by atoms with Crippen LogP contribution in [0.15, 0.2) is 0 Å². The van der Waals surface area contributed by atoms with Gasteiger partial charge in [-0.15, -0.1) is 0 Å². The number of hydrogen-bond donors (Lipinski definition) is 0. The van der Waals surface area contributed by atoms with Gasteiger partial charge in [0.05, 0.1) is 0 Å². The van der Waals surface area contributed by atoms with Crippen molar-refractivity contribution in [1.29, 1.82) is 0 Å². The van der Waals surface area contributed by atoms with Crippen LogP contribution in [0.1, 0.15) is 0 Å². The van der Waals surface area contributed by atoms with Crippen LogP contribution < -0.4 is 0 Å². The molecule has 0 saturated carbocycles. The Morgan fingerprint density at radius 1 is 0.0300 bits per heavy atom. The maximum absolute atomic E-state index is 0. The maximum Gasteiger partial charge on any atom is 0 e. The second-order valence-electron chi connectivity index (χ2n) is 0. The van der Waals surface area contributed by atoms with Gasteiger partial charge >= 0.3 is 0 Å². The van der Waals surface area contributed by atoms with E-state index in [2.05, 4.69) is 0 Å². The van der Waals surface area contributed by atoms with Gasteiger partial charge in [0.25, 0.3) is 0 Å². The Kier molecular flexibility index (Phi) is 9800. The van der Waals surface area contributed by atoms with E-state index < -0.39 is 0 Å². The van der Waals surface area contributed by atoms with Crippen molar-refractivity contribution in [2.45, 2.75) is 0 Å². The first-order chi connectivity index (χ1) is 0. The predicted molar refractivity (Wildman–Crippen MR) is 161 cm³/mol. The molecule has 0 N–H and O–H groups in total. The topological polar surface area (TPSA) is 0 Å². The van der Waals surface area contributed by atoms with E-state index in [1.807, 2.05) is 0 Å². The molecule has 0 atom stereocenters. The third kappa shape index (κ3) is 964. The molecule has 100 heavy (non-hydrogen) atoms. The van der Waals surface area contributed by atoms with E-state index in [-0.39, 0.29) is 2130 Å². The molecule has 184 radical (unpaired) electrons. The molecule has 0 aromatic rings. The molecule has 0 aliphatic carbocycles. The van der Waals surface area contributed by atoms with Crippen molar-refractivity contribution in [2.24, 2.45) is 0 Å². The molecular weight excluding hydrogens is 9810 g/mol. The van der Waals surface area contributed by atoms with Crippen molar-refractivity contribution in [2.75, 3.05) is 0 Å².